The Morgan fingerprint density at radius 2 is 2.06 bits per heavy atom. The molecule has 160 valence electrons. The number of carbonyl (C=O) groups excluding carboxylic acids is 1. The molecule has 0 saturated carbocycles. The Morgan fingerprint density at radius 1 is 1.22 bits per heavy atom. The van der Waals surface area contributed by atoms with Gasteiger partial charge in [-0.1, -0.05) is 41.6 Å². The molecule has 4 rings (SSSR count). The minimum Gasteiger partial charge on any atom is -0.300 e. The standard InChI is InChI=1S/C22H15ClN4O3S2/c1-13-5-7-15(12-16(13)23)25-22-26-21(28)19(32-22)11-14-6-8-18(17(10-14)27(29)30)31-20-4-2-3-9-24-20/h2-12H,1H3,(H,25,26,28)/b19-11-. The number of hydrogen-bond donors (Lipinski definition) is 1. The van der Waals surface area contributed by atoms with Crippen molar-refractivity contribution in [2.45, 2.75) is 16.8 Å². The number of aromatic nitrogens is 1. The fraction of sp³-hybridized carbons (Fsp3) is 0.0455. The molecule has 1 aliphatic heterocycles. The van der Waals surface area contributed by atoms with E-state index in [0.29, 0.717) is 36.3 Å². The first-order chi connectivity index (χ1) is 15.4. The lowest BCUT2D eigenvalue weighted by Crippen LogP contribution is -2.19. The van der Waals surface area contributed by atoms with Crippen LogP contribution in [0.5, 0.6) is 0 Å². The maximum absolute atomic E-state index is 12.4. The number of amidine groups is 1. The third kappa shape index (κ3) is 5.18. The minimum atomic E-state index is -0.441. The van der Waals surface area contributed by atoms with Gasteiger partial charge in [0.15, 0.2) is 5.17 Å². The van der Waals surface area contributed by atoms with Crippen molar-refractivity contribution >= 4 is 63.7 Å². The molecule has 0 atom stereocenters. The number of nitrogens with one attached hydrogen (secondary N) is 1. The van der Waals surface area contributed by atoms with E-state index in [1.54, 1.807) is 42.6 Å². The predicted molar refractivity (Wildman–Crippen MR) is 128 cm³/mol. The van der Waals surface area contributed by atoms with Gasteiger partial charge in [0.05, 0.1) is 20.4 Å². The molecule has 10 heteroatoms. The normalized spacial score (nSPS) is 15.9. The van der Waals surface area contributed by atoms with E-state index in [-0.39, 0.29) is 11.6 Å². The second kappa shape index (κ2) is 9.56. The number of halogens is 1. The molecule has 1 fully saturated rings. The fourth-order valence-corrected chi connectivity index (χ4v) is 4.65. The number of nitro benzene ring substituents is 1. The van der Waals surface area contributed by atoms with Crippen LogP contribution in [0, 0.1) is 17.0 Å². The lowest BCUT2D eigenvalue weighted by atomic mass is 10.2. The van der Waals surface area contributed by atoms with Crippen molar-refractivity contribution in [2.24, 2.45) is 4.99 Å². The van der Waals surface area contributed by atoms with Crippen molar-refractivity contribution in [2.75, 3.05) is 0 Å². The van der Waals surface area contributed by atoms with Crippen LogP contribution in [0.2, 0.25) is 5.02 Å². The number of benzene rings is 2. The maximum Gasteiger partial charge on any atom is 0.283 e. The molecule has 0 bridgehead atoms. The molecule has 1 N–H and O–H groups in total. The van der Waals surface area contributed by atoms with E-state index in [4.69, 9.17) is 11.6 Å². The zero-order chi connectivity index (χ0) is 22.7. The van der Waals surface area contributed by atoms with Gasteiger partial charge in [-0.15, -0.1) is 0 Å². The molecule has 0 unspecified atom stereocenters. The number of aliphatic imine (C=N–C) groups is 1. The third-order valence-corrected chi connectivity index (χ3v) is 6.70. The molecule has 0 aliphatic carbocycles. The Kier molecular flexibility index (Phi) is 6.59. The molecule has 1 aliphatic rings. The van der Waals surface area contributed by atoms with E-state index in [9.17, 15) is 14.9 Å². The van der Waals surface area contributed by atoms with Gasteiger partial charge >= 0.3 is 0 Å². The highest BCUT2D eigenvalue weighted by molar-refractivity contribution is 8.18. The number of rotatable bonds is 5. The zero-order valence-corrected chi connectivity index (χ0v) is 19.0. The van der Waals surface area contributed by atoms with E-state index in [1.165, 1.54) is 17.8 Å². The van der Waals surface area contributed by atoms with Gasteiger partial charge in [0.2, 0.25) is 0 Å². The van der Waals surface area contributed by atoms with E-state index in [2.05, 4.69) is 15.3 Å². The van der Waals surface area contributed by atoms with Crippen molar-refractivity contribution in [3.8, 4) is 0 Å². The van der Waals surface area contributed by atoms with Crippen molar-refractivity contribution < 1.29 is 9.72 Å². The Balaban J connectivity index is 1.58. The van der Waals surface area contributed by atoms with E-state index in [0.717, 1.165) is 17.3 Å². The van der Waals surface area contributed by atoms with E-state index >= 15 is 0 Å². The van der Waals surface area contributed by atoms with Crippen molar-refractivity contribution in [1.29, 1.82) is 0 Å². The SMILES string of the molecule is Cc1ccc(N=C2NC(=O)/C(=C/c3ccc(Sc4ccccn4)c([N+](=O)[O-])c3)S2)cc1Cl. The molecule has 32 heavy (non-hydrogen) atoms. The Bertz CT molecular complexity index is 1280. The Labute approximate surface area is 197 Å². The highest BCUT2D eigenvalue weighted by Crippen LogP contribution is 2.36. The number of carbonyl (C=O) groups is 1. The average Bonchev–Trinajstić information content (AvgIpc) is 3.11. The van der Waals surface area contributed by atoms with Crippen LogP contribution >= 0.6 is 35.1 Å². The minimum absolute atomic E-state index is 0.0541. The summed E-state index contributed by atoms with van der Waals surface area (Å²) in [6.45, 7) is 1.89. The molecule has 3 aromatic rings. The van der Waals surface area contributed by atoms with Crippen LogP contribution in [-0.2, 0) is 4.79 Å². The quantitative estimate of drug-likeness (QED) is 0.272. The van der Waals surface area contributed by atoms with Crippen LogP contribution < -0.4 is 5.32 Å². The zero-order valence-electron chi connectivity index (χ0n) is 16.6. The summed E-state index contributed by atoms with van der Waals surface area (Å²) in [5.74, 6) is -0.318. The smallest absolute Gasteiger partial charge is 0.283 e. The summed E-state index contributed by atoms with van der Waals surface area (Å²) >= 11 is 8.50. The number of thioether (sulfide) groups is 1. The van der Waals surface area contributed by atoms with Crippen LogP contribution in [0.3, 0.4) is 0 Å². The summed E-state index contributed by atoms with van der Waals surface area (Å²) in [6, 6.07) is 15.6. The van der Waals surface area contributed by atoms with Gasteiger partial charge in [0, 0.05) is 17.3 Å². The van der Waals surface area contributed by atoms with Gasteiger partial charge in [0.1, 0.15) is 5.03 Å². The van der Waals surface area contributed by atoms with Gasteiger partial charge in [0.25, 0.3) is 11.6 Å². The summed E-state index contributed by atoms with van der Waals surface area (Å²) in [4.78, 5) is 33.0. The fourth-order valence-electron chi connectivity index (χ4n) is 2.77. The molecule has 1 aromatic heterocycles. The summed E-state index contributed by atoms with van der Waals surface area (Å²) < 4.78 is 0. The molecule has 1 amide bonds. The number of pyridine rings is 1. The Hall–Kier alpha value is -3.14. The van der Waals surface area contributed by atoms with Gasteiger partial charge in [-0.05, 0) is 66.2 Å². The first-order valence-electron chi connectivity index (χ1n) is 9.32. The molecule has 2 aromatic carbocycles. The summed E-state index contributed by atoms with van der Waals surface area (Å²) in [7, 11) is 0. The number of nitro groups is 1. The molecule has 0 radical (unpaired) electrons. The van der Waals surface area contributed by atoms with Gasteiger partial charge in [-0.2, -0.15) is 0 Å². The summed E-state index contributed by atoms with van der Waals surface area (Å²) in [5.41, 5.74) is 2.04. The maximum atomic E-state index is 12.4. The van der Waals surface area contributed by atoms with Crippen molar-refractivity contribution in [3.63, 3.8) is 0 Å². The van der Waals surface area contributed by atoms with E-state index < -0.39 is 4.92 Å². The number of nitrogens with zero attached hydrogens (tertiary/aromatic N) is 3. The summed E-state index contributed by atoms with van der Waals surface area (Å²) in [6.07, 6.45) is 3.24. The van der Waals surface area contributed by atoms with Gasteiger partial charge in [-0.25, -0.2) is 9.98 Å². The first kappa shape index (κ1) is 22.1. The lowest BCUT2D eigenvalue weighted by Gasteiger charge is -2.04. The third-order valence-electron chi connectivity index (χ3n) is 4.37. The van der Waals surface area contributed by atoms with E-state index in [1.807, 2.05) is 25.1 Å². The molecular weight excluding hydrogens is 468 g/mol. The number of aryl methyl sites for hydroxylation is 1. The van der Waals surface area contributed by atoms with Crippen LogP contribution in [0.4, 0.5) is 11.4 Å². The average molecular weight is 483 g/mol. The van der Waals surface area contributed by atoms with Crippen LogP contribution in [0.25, 0.3) is 6.08 Å². The van der Waals surface area contributed by atoms with Crippen molar-refractivity contribution in [3.05, 3.63) is 92.0 Å². The van der Waals surface area contributed by atoms with Crippen LogP contribution in [0.1, 0.15) is 11.1 Å². The topological polar surface area (TPSA) is 97.5 Å². The summed E-state index contributed by atoms with van der Waals surface area (Å²) in [5, 5.41) is 16.0. The molecular formula is C22H15ClN4O3S2. The largest absolute Gasteiger partial charge is 0.300 e. The molecule has 2 heterocycles. The Morgan fingerprint density at radius 3 is 2.78 bits per heavy atom. The van der Waals surface area contributed by atoms with Crippen LogP contribution in [-0.4, -0.2) is 21.0 Å². The monoisotopic (exact) mass is 482 g/mol. The van der Waals surface area contributed by atoms with Gasteiger partial charge in [-0.3, -0.25) is 14.9 Å². The molecule has 0 spiro atoms. The van der Waals surface area contributed by atoms with Gasteiger partial charge < -0.3 is 5.32 Å². The number of hydrogen-bond acceptors (Lipinski definition) is 7. The van der Waals surface area contributed by atoms with Crippen molar-refractivity contribution in [1.82, 2.24) is 10.3 Å². The lowest BCUT2D eigenvalue weighted by molar-refractivity contribution is -0.387. The highest BCUT2D eigenvalue weighted by atomic mass is 35.5. The second-order valence-electron chi connectivity index (χ2n) is 6.67. The first-order valence-corrected chi connectivity index (χ1v) is 11.3. The second-order valence-corrected chi connectivity index (χ2v) is 9.17. The predicted octanol–water partition coefficient (Wildman–Crippen LogP) is 5.99. The highest BCUT2D eigenvalue weighted by Gasteiger charge is 2.24. The number of amides is 1. The van der Waals surface area contributed by atoms with Crippen LogP contribution in [0.15, 0.2) is 80.6 Å². The molecule has 7 nitrogen and oxygen atoms in total. The molecule has 1 saturated heterocycles.